The number of aryl methyl sites for hydroxylation is 2. The maximum Gasteiger partial charge on any atom is 0.341 e. The highest BCUT2D eigenvalue weighted by molar-refractivity contribution is 7.80. The summed E-state index contributed by atoms with van der Waals surface area (Å²) in [5, 5.41) is 12.1. The number of ether oxygens (including phenoxy) is 1. The third-order valence-corrected chi connectivity index (χ3v) is 6.12. The molecule has 0 aliphatic carbocycles. The Labute approximate surface area is 192 Å². The van der Waals surface area contributed by atoms with Gasteiger partial charge in [-0.3, -0.25) is 4.68 Å². The molecule has 164 valence electrons. The summed E-state index contributed by atoms with van der Waals surface area (Å²) in [6.45, 7) is 9.03. The number of benzene rings is 1. The molecule has 0 spiro atoms. The minimum absolute atomic E-state index is 0.0184. The number of rotatable bonds is 8. The van der Waals surface area contributed by atoms with Crippen molar-refractivity contribution in [3.63, 3.8) is 0 Å². The third kappa shape index (κ3) is 5.92. The Morgan fingerprint density at radius 3 is 2.68 bits per heavy atom. The molecule has 0 aliphatic rings. The number of thiophene rings is 1. The van der Waals surface area contributed by atoms with Crippen molar-refractivity contribution in [2.24, 2.45) is 0 Å². The summed E-state index contributed by atoms with van der Waals surface area (Å²) >= 11 is 7.06. The first-order valence-corrected chi connectivity index (χ1v) is 11.6. The molecule has 0 saturated carbocycles. The molecular formula is C23H28N4O2S2. The predicted octanol–water partition coefficient (Wildman–Crippen LogP) is 5.09. The van der Waals surface area contributed by atoms with Gasteiger partial charge in [0.25, 0.3) is 0 Å². The number of nitrogens with zero attached hydrogens (tertiary/aromatic N) is 2. The zero-order valence-electron chi connectivity index (χ0n) is 18.3. The van der Waals surface area contributed by atoms with Crippen LogP contribution < -0.4 is 10.6 Å². The van der Waals surface area contributed by atoms with Crippen LogP contribution in [0, 0.1) is 6.92 Å². The Kier molecular flexibility index (Phi) is 7.81. The molecule has 0 amide bonds. The van der Waals surface area contributed by atoms with Crippen LogP contribution in [0.1, 0.15) is 58.9 Å². The van der Waals surface area contributed by atoms with Crippen LogP contribution in [-0.4, -0.2) is 27.5 Å². The van der Waals surface area contributed by atoms with E-state index in [1.807, 2.05) is 49.0 Å². The second-order valence-electron chi connectivity index (χ2n) is 7.18. The van der Waals surface area contributed by atoms with E-state index in [1.54, 1.807) is 6.92 Å². The fraction of sp³-hybridized carbons (Fsp3) is 0.348. The minimum atomic E-state index is -0.350. The normalized spacial score (nSPS) is 11.7. The lowest BCUT2D eigenvalue weighted by molar-refractivity contribution is 0.0528. The zero-order chi connectivity index (χ0) is 22.4. The van der Waals surface area contributed by atoms with Crippen LogP contribution in [0.5, 0.6) is 0 Å². The van der Waals surface area contributed by atoms with Gasteiger partial charge in [-0.05, 0) is 51.5 Å². The van der Waals surface area contributed by atoms with Crippen molar-refractivity contribution >= 4 is 39.6 Å². The van der Waals surface area contributed by atoms with Gasteiger partial charge in [0.1, 0.15) is 5.00 Å². The molecule has 2 heterocycles. The van der Waals surface area contributed by atoms with Crippen LogP contribution in [0.4, 0.5) is 5.00 Å². The molecule has 2 aromatic heterocycles. The summed E-state index contributed by atoms with van der Waals surface area (Å²) < 4.78 is 7.16. The maximum absolute atomic E-state index is 12.5. The molecule has 8 heteroatoms. The molecule has 3 aromatic rings. The fourth-order valence-corrected chi connectivity index (χ4v) is 4.74. The van der Waals surface area contributed by atoms with Gasteiger partial charge in [-0.2, -0.15) is 5.10 Å². The lowest BCUT2D eigenvalue weighted by atomic mass is 10.1. The van der Waals surface area contributed by atoms with Crippen LogP contribution >= 0.6 is 23.6 Å². The van der Waals surface area contributed by atoms with Crippen LogP contribution in [0.15, 0.2) is 42.6 Å². The number of anilines is 1. The van der Waals surface area contributed by atoms with E-state index >= 15 is 0 Å². The van der Waals surface area contributed by atoms with Gasteiger partial charge in [0, 0.05) is 29.6 Å². The first-order chi connectivity index (χ1) is 14.9. The number of aromatic nitrogens is 2. The number of nitrogens with one attached hydrogen (secondary N) is 2. The van der Waals surface area contributed by atoms with Crippen molar-refractivity contribution in [3.05, 3.63) is 69.9 Å². The van der Waals surface area contributed by atoms with E-state index < -0.39 is 0 Å². The highest BCUT2D eigenvalue weighted by atomic mass is 32.1. The molecule has 6 nitrogen and oxygen atoms in total. The molecular weight excluding hydrogens is 428 g/mol. The molecule has 2 N–H and O–H groups in total. The summed E-state index contributed by atoms with van der Waals surface area (Å²) in [6, 6.07) is 12.0. The lowest BCUT2D eigenvalue weighted by Crippen LogP contribution is -2.31. The zero-order valence-corrected chi connectivity index (χ0v) is 19.9. The van der Waals surface area contributed by atoms with E-state index in [2.05, 4.69) is 34.8 Å². The average Bonchev–Trinajstić information content (AvgIpc) is 3.31. The van der Waals surface area contributed by atoms with Crippen molar-refractivity contribution in [2.75, 3.05) is 11.9 Å². The number of hydrogen-bond donors (Lipinski definition) is 2. The average molecular weight is 457 g/mol. The van der Waals surface area contributed by atoms with Gasteiger partial charge in [-0.25, -0.2) is 4.79 Å². The second kappa shape index (κ2) is 10.5. The summed E-state index contributed by atoms with van der Waals surface area (Å²) in [5.41, 5.74) is 3.75. The molecule has 1 aromatic carbocycles. The van der Waals surface area contributed by atoms with Crippen LogP contribution in [0.3, 0.4) is 0 Å². The molecule has 0 saturated heterocycles. The topological polar surface area (TPSA) is 68.2 Å². The number of hydrogen-bond acceptors (Lipinski definition) is 5. The summed E-state index contributed by atoms with van der Waals surface area (Å²) in [5.74, 6) is -0.350. The van der Waals surface area contributed by atoms with E-state index in [4.69, 9.17) is 17.0 Å². The Morgan fingerprint density at radius 1 is 1.29 bits per heavy atom. The second-order valence-corrected chi connectivity index (χ2v) is 8.73. The maximum atomic E-state index is 12.5. The van der Waals surface area contributed by atoms with E-state index in [-0.39, 0.29) is 12.0 Å². The molecule has 0 fully saturated rings. The summed E-state index contributed by atoms with van der Waals surface area (Å²) in [7, 11) is 0. The number of esters is 1. The quantitative estimate of drug-likeness (QED) is 0.364. The smallest absolute Gasteiger partial charge is 0.341 e. The highest BCUT2D eigenvalue weighted by Crippen LogP contribution is 2.31. The SMILES string of the molecule is CCOC(=O)c1cc(Cc2ccccc2)sc1NC(=S)NC(C)c1cn(CC)nc1C. The van der Waals surface area contributed by atoms with Crippen LogP contribution in [-0.2, 0) is 17.7 Å². The Balaban J connectivity index is 1.75. The predicted molar refractivity (Wildman–Crippen MR) is 130 cm³/mol. The molecule has 1 atom stereocenters. The molecule has 1 unspecified atom stereocenters. The summed E-state index contributed by atoms with van der Waals surface area (Å²) in [4.78, 5) is 13.6. The molecule has 0 bridgehead atoms. The van der Waals surface area contributed by atoms with Crippen molar-refractivity contribution < 1.29 is 9.53 Å². The van der Waals surface area contributed by atoms with Crippen molar-refractivity contribution in [1.29, 1.82) is 0 Å². The number of thiocarbonyl (C=S) groups is 1. The Bertz CT molecular complexity index is 1040. The first kappa shape index (κ1) is 23.0. The number of carbonyl (C=O) groups excluding carboxylic acids is 1. The molecule has 3 rings (SSSR count). The number of carbonyl (C=O) groups is 1. The molecule has 31 heavy (non-hydrogen) atoms. The summed E-state index contributed by atoms with van der Waals surface area (Å²) in [6.07, 6.45) is 2.77. The van der Waals surface area contributed by atoms with E-state index in [1.165, 1.54) is 16.9 Å². The minimum Gasteiger partial charge on any atom is -0.462 e. The molecule has 0 aliphatic heterocycles. The standard InChI is InChI=1S/C23H28N4O2S2/c1-5-27-14-20(16(4)26-27)15(3)24-23(30)25-21-19(22(28)29-6-2)13-18(31-21)12-17-10-8-7-9-11-17/h7-11,13-15H,5-6,12H2,1-4H3,(H2,24,25,30). The highest BCUT2D eigenvalue weighted by Gasteiger charge is 2.20. The Hall–Kier alpha value is -2.71. The first-order valence-electron chi connectivity index (χ1n) is 10.4. The van der Waals surface area contributed by atoms with Crippen molar-refractivity contribution in [2.45, 2.75) is 46.7 Å². The van der Waals surface area contributed by atoms with Crippen LogP contribution in [0.2, 0.25) is 0 Å². The van der Waals surface area contributed by atoms with E-state index in [0.717, 1.165) is 29.1 Å². The van der Waals surface area contributed by atoms with Crippen molar-refractivity contribution in [1.82, 2.24) is 15.1 Å². The largest absolute Gasteiger partial charge is 0.462 e. The van der Waals surface area contributed by atoms with Gasteiger partial charge in [0.05, 0.1) is 23.9 Å². The van der Waals surface area contributed by atoms with Gasteiger partial charge in [-0.15, -0.1) is 11.3 Å². The van der Waals surface area contributed by atoms with Gasteiger partial charge >= 0.3 is 5.97 Å². The fourth-order valence-electron chi connectivity index (χ4n) is 3.31. The van der Waals surface area contributed by atoms with Gasteiger partial charge in [0.15, 0.2) is 5.11 Å². The van der Waals surface area contributed by atoms with Gasteiger partial charge in [0.2, 0.25) is 0 Å². The lowest BCUT2D eigenvalue weighted by Gasteiger charge is -2.16. The van der Waals surface area contributed by atoms with E-state index in [0.29, 0.717) is 22.3 Å². The third-order valence-electron chi connectivity index (χ3n) is 4.85. The van der Waals surface area contributed by atoms with Gasteiger partial charge < -0.3 is 15.4 Å². The molecule has 0 radical (unpaired) electrons. The van der Waals surface area contributed by atoms with Gasteiger partial charge in [-0.1, -0.05) is 30.3 Å². The monoisotopic (exact) mass is 456 g/mol. The van der Waals surface area contributed by atoms with Crippen LogP contribution in [0.25, 0.3) is 0 Å². The van der Waals surface area contributed by atoms with E-state index in [9.17, 15) is 4.79 Å². The Morgan fingerprint density at radius 2 is 2.03 bits per heavy atom. The van der Waals surface area contributed by atoms with Crippen molar-refractivity contribution in [3.8, 4) is 0 Å².